The minimum atomic E-state index is -0.416. The van der Waals surface area contributed by atoms with Crippen molar-refractivity contribution in [2.45, 2.75) is 13.5 Å². The van der Waals surface area contributed by atoms with Gasteiger partial charge >= 0.3 is 5.97 Å². The second-order valence-corrected chi connectivity index (χ2v) is 2.62. The average Bonchev–Trinajstić information content (AvgIpc) is 2.16. The molecule has 3 heteroatoms. The minimum Gasteiger partial charge on any atom is -0.458 e. The van der Waals surface area contributed by atoms with E-state index in [1.807, 2.05) is 19.1 Å². The minimum absolute atomic E-state index is 0.248. The van der Waals surface area contributed by atoms with E-state index in [-0.39, 0.29) is 6.61 Å². The van der Waals surface area contributed by atoms with Crippen molar-refractivity contribution in [1.29, 1.82) is 0 Å². The third-order valence-electron chi connectivity index (χ3n) is 1.52. The van der Waals surface area contributed by atoms with Crippen molar-refractivity contribution in [1.82, 2.24) is 4.98 Å². The molecule has 0 unspecified atom stereocenters. The lowest BCUT2D eigenvalue weighted by molar-refractivity contribution is -0.138. The molecule has 0 spiro atoms. The van der Waals surface area contributed by atoms with Crippen LogP contribution in [0, 0.1) is 6.92 Å². The number of aromatic nitrogens is 1. The van der Waals surface area contributed by atoms with E-state index >= 15 is 0 Å². The smallest absolute Gasteiger partial charge is 0.330 e. The Morgan fingerprint density at radius 2 is 2.46 bits per heavy atom. The highest BCUT2D eigenvalue weighted by Gasteiger charge is 1.97. The predicted octanol–water partition coefficient (Wildman–Crippen LogP) is 1.62. The van der Waals surface area contributed by atoms with Gasteiger partial charge in [0.2, 0.25) is 0 Å². The standard InChI is InChI=1S/C10H11NO2/c1-3-10(12)13-7-9-5-4-8(2)11-6-9/h3-6H,1,7H2,2H3. The van der Waals surface area contributed by atoms with Crippen molar-refractivity contribution in [3.8, 4) is 0 Å². The number of hydrogen-bond acceptors (Lipinski definition) is 3. The number of carbonyl (C=O) groups is 1. The summed E-state index contributed by atoms with van der Waals surface area (Å²) in [6.07, 6.45) is 2.83. The van der Waals surface area contributed by atoms with E-state index in [4.69, 9.17) is 4.74 Å². The third-order valence-corrected chi connectivity index (χ3v) is 1.52. The van der Waals surface area contributed by atoms with Gasteiger partial charge in [-0.2, -0.15) is 0 Å². The fourth-order valence-electron chi connectivity index (χ4n) is 0.797. The Morgan fingerprint density at radius 1 is 1.69 bits per heavy atom. The molecule has 1 aromatic heterocycles. The van der Waals surface area contributed by atoms with E-state index in [2.05, 4.69) is 11.6 Å². The number of rotatable bonds is 3. The van der Waals surface area contributed by atoms with Gasteiger partial charge in [0.1, 0.15) is 6.61 Å². The third kappa shape index (κ3) is 3.07. The molecule has 0 aliphatic rings. The molecule has 0 saturated carbocycles. The summed E-state index contributed by atoms with van der Waals surface area (Å²) in [6.45, 7) is 5.45. The Labute approximate surface area is 77.1 Å². The fourth-order valence-corrected chi connectivity index (χ4v) is 0.797. The largest absolute Gasteiger partial charge is 0.458 e. The van der Waals surface area contributed by atoms with Crippen LogP contribution in [0.5, 0.6) is 0 Å². The van der Waals surface area contributed by atoms with Crippen LogP contribution in [0.25, 0.3) is 0 Å². The van der Waals surface area contributed by atoms with Gasteiger partial charge in [-0.05, 0) is 13.0 Å². The zero-order valence-corrected chi connectivity index (χ0v) is 7.49. The quantitative estimate of drug-likeness (QED) is 0.520. The molecular formula is C10H11NO2. The maximum absolute atomic E-state index is 10.7. The number of ether oxygens (including phenoxy) is 1. The SMILES string of the molecule is C=CC(=O)OCc1ccc(C)nc1. The number of nitrogens with zero attached hydrogens (tertiary/aromatic N) is 1. The lowest BCUT2D eigenvalue weighted by Crippen LogP contribution is -2.00. The summed E-state index contributed by atoms with van der Waals surface area (Å²) in [4.78, 5) is 14.8. The van der Waals surface area contributed by atoms with Gasteiger partial charge < -0.3 is 4.74 Å². The molecule has 1 aromatic rings. The number of carbonyl (C=O) groups excluding carboxylic acids is 1. The molecule has 0 bridgehead atoms. The number of esters is 1. The first-order chi connectivity index (χ1) is 6.22. The van der Waals surface area contributed by atoms with Gasteiger partial charge in [-0.25, -0.2) is 4.79 Å². The van der Waals surface area contributed by atoms with Crippen LogP contribution in [0.1, 0.15) is 11.3 Å². The molecule has 0 amide bonds. The van der Waals surface area contributed by atoms with Crippen molar-refractivity contribution in [3.05, 3.63) is 42.2 Å². The van der Waals surface area contributed by atoms with Gasteiger partial charge in [0.05, 0.1) is 0 Å². The molecular weight excluding hydrogens is 166 g/mol. The van der Waals surface area contributed by atoms with E-state index in [0.717, 1.165) is 17.3 Å². The van der Waals surface area contributed by atoms with Crippen LogP contribution in [0.15, 0.2) is 31.0 Å². The van der Waals surface area contributed by atoms with Crippen molar-refractivity contribution in [2.75, 3.05) is 0 Å². The first-order valence-corrected chi connectivity index (χ1v) is 3.93. The van der Waals surface area contributed by atoms with Gasteiger partial charge in [0.15, 0.2) is 0 Å². The molecule has 0 fully saturated rings. The summed E-state index contributed by atoms with van der Waals surface area (Å²) in [6, 6.07) is 3.75. The van der Waals surface area contributed by atoms with Crippen LogP contribution in [0.3, 0.4) is 0 Å². The van der Waals surface area contributed by atoms with Crippen LogP contribution < -0.4 is 0 Å². The molecule has 0 aromatic carbocycles. The summed E-state index contributed by atoms with van der Waals surface area (Å²) in [5.74, 6) is -0.416. The highest BCUT2D eigenvalue weighted by molar-refractivity contribution is 5.81. The van der Waals surface area contributed by atoms with Crippen molar-refractivity contribution < 1.29 is 9.53 Å². The average molecular weight is 177 g/mol. The Hall–Kier alpha value is -1.64. The first-order valence-electron chi connectivity index (χ1n) is 3.93. The van der Waals surface area contributed by atoms with E-state index in [0.29, 0.717) is 0 Å². The maximum atomic E-state index is 10.7. The van der Waals surface area contributed by atoms with Crippen LogP contribution in [0.2, 0.25) is 0 Å². The molecule has 0 saturated heterocycles. The molecule has 68 valence electrons. The Bertz CT molecular complexity index is 303. The number of aryl methyl sites for hydroxylation is 1. The highest BCUT2D eigenvalue weighted by Crippen LogP contribution is 2.01. The first kappa shape index (κ1) is 9.45. The number of hydrogen-bond donors (Lipinski definition) is 0. The van der Waals surface area contributed by atoms with Crippen LogP contribution in [0.4, 0.5) is 0 Å². The molecule has 1 rings (SSSR count). The van der Waals surface area contributed by atoms with Gasteiger partial charge in [0, 0.05) is 23.5 Å². The molecule has 13 heavy (non-hydrogen) atoms. The summed E-state index contributed by atoms with van der Waals surface area (Å²) in [7, 11) is 0. The lowest BCUT2D eigenvalue weighted by Gasteiger charge is -2.01. The maximum Gasteiger partial charge on any atom is 0.330 e. The Balaban J connectivity index is 2.50. The van der Waals surface area contributed by atoms with Gasteiger partial charge in [-0.1, -0.05) is 12.6 Å². The monoisotopic (exact) mass is 177 g/mol. The van der Waals surface area contributed by atoms with Crippen LogP contribution in [-0.2, 0) is 16.1 Å². The van der Waals surface area contributed by atoms with E-state index in [1.54, 1.807) is 6.20 Å². The molecule has 3 nitrogen and oxygen atoms in total. The van der Waals surface area contributed by atoms with Crippen molar-refractivity contribution in [3.63, 3.8) is 0 Å². The summed E-state index contributed by atoms with van der Waals surface area (Å²) >= 11 is 0. The van der Waals surface area contributed by atoms with Crippen LogP contribution >= 0.6 is 0 Å². The zero-order valence-electron chi connectivity index (χ0n) is 7.49. The number of pyridine rings is 1. The van der Waals surface area contributed by atoms with Gasteiger partial charge in [-0.15, -0.1) is 0 Å². The Morgan fingerprint density at radius 3 is 3.00 bits per heavy atom. The van der Waals surface area contributed by atoms with Crippen molar-refractivity contribution in [2.24, 2.45) is 0 Å². The van der Waals surface area contributed by atoms with Gasteiger partial charge in [0.25, 0.3) is 0 Å². The normalized spacial score (nSPS) is 9.31. The summed E-state index contributed by atoms with van der Waals surface area (Å²) < 4.78 is 4.82. The van der Waals surface area contributed by atoms with Crippen LogP contribution in [-0.4, -0.2) is 11.0 Å². The predicted molar refractivity (Wildman–Crippen MR) is 49.0 cm³/mol. The lowest BCUT2D eigenvalue weighted by atomic mass is 10.3. The summed E-state index contributed by atoms with van der Waals surface area (Å²) in [5, 5.41) is 0. The molecule has 0 aliphatic carbocycles. The molecule has 0 radical (unpaired) electrons. The summed E-state index contributed by atoms with van der Waals surface area (Å²) in [5.41, 5.74) is 1.82. The van der Waals surface area contributed by atoms with E-state index in [1.165, 1.54) is 0 Å². The van der Waals surface area contributed by atoms with Gasteiger partial charge in [-0.3, -0.25) is 4.98 Å². The molecule has 0 aliphatic heterocycles. The Kier molecular flexibility index (Phi) is 3.20. The zero-order chi connectivity index (χ0) is 9.68. The highest BCUT2D eigenvalue weighted by atomic mass is 16.5. The topological polar surface area (TPSA) is 39.2 Å². The van der Waals surface area contributed by atoms with E-state index in [9.17, 15) is 4.79 Å². The molecule has 0 atom stereocenters. The van der Waals surface area contributed by atoms with Crippen molar-refractivity contribution >= 4 is 5.97 Å². The van der Waals surface area contributed by atoms with E-state index < -0.39 is 5.97 Å². The fraction of sp³-hybridized carbons (Fsp3) is 0.200. The molecule has 1 heterocycles. The second kappa shape index (κ2) is 4.40. The second-order valence-electron chi connectivity index (χ2n) is 2.62. The molecule has 0 N–H and O–H groups in total.